The molecule has 21 heavy (non-hydrogen) atoms. The Balaban J connectivity index is 2.33. The number of nitrogens with two attached hydrogens (primary N) is 1. The van der Waals surface area contributed by atoms with Gasteiger partial charge in [-0.15, -0.1) is 11.3 Å². The van der Waals surface area contributed by atoms with Crippen molar-refractivity contribution in [3.63, 3.8) is 0 Å². The van der Waals surface area contributed by atoms with E-state index >= 15 is 0 Å². The van der Waals surface area contributed by atoms with Crippen LogP contribution in [0.15, 0.2) is 15.9 Å². The van der Waals surface area contributed by atoms with Gasteiger partial charge in [0.1, 0.15) is 6.04 Å². The molecule has 0 radical (unpaired) electrons. The molecule has 0 saturated carbocycles. The van der Waals surface area contributed by atoms with Crippen molar-refractivity contribution in [3.05, 3.63) is 20.8 Å². The second-order valence-electron chi connectivity index (χ2n) is 4.40. The Kier molecular flexibility index (Phi) is 8.31. The first kappa shape index (κ1) is 18.5. The van der Waals surface area contributed by atoms with Crippen LogP contribution in [0.5, 0.6) is 0 Å². The number of carbonyl (C=O) groups excluding carboxylic acids is 1. The largest absolute Gasteiger partial charge is 0.480 e. The molecule has 0 fully saturated rings. The van der Waals surface area contributed by atoms with E-state index in [1.54, 1.807) is 16.2 Å². The minimum atomic E-state index is -1.000. The molecule has 0 aliphatic rings. The Morgan fingerprint density at radius 1 is 1.52 bits per heavy atom. The number of hydrogen-bond acceptors (Lipinski definition) is 5. The van der Waals surface area contributed by atoms with Gasteiger partial charge < -0.3 is 15.7 Å². The number of carboxylic acids is 1. The summed E-state index contributed by atoms with van der Waals surface area (Å²) in [7, 11) is 0. The van der Waals surface area contributed by atoms with Gasteiger partial charge in [0.15, 0.2) is 0 Å². The maximum Gasteiger partial charge on any atom is 0.320 e. The van der Waals surface area contributed by atoms with Gasteiger partial charge in [-0.05, 0) is 47.2 Å². The third-order valence-electron chi connectivity index (χ3n) is 2.83. The molecule has 3 N–H and O–H groups in total. The zero-order valence-corrected chi connectivity index (χ0v) is 15.0. The van der Waals surface area contributed by atoms with E-state index in [-0.39, 0.29) is 5.91 Å². The normalized spacial score (nSPS) is 12.1. The SMILES string of the molecule is CCN(Cc1ccc(Br)s1)C(=O)CSCCC(N)C(=O)O. The van der Waals surface area contributed by atoms with Crippen molar-refractivity contribution < 1.29 is 14.7 Å². The van der Waals surface area contributed by atoms with Crippen LogP contribution in [0.2, 0.25) is 0 Å². The number of nitrogens with zero attached hydrogens (tertiary/aromatic N) is 1. The van der Waals surface area contributed by atoms with E-state index in [1.807, 2.05) is 19.1 Å². The van der Waals surface area contributed by atoms with E-state index in [0.717, 1.165) is 8.66 Å². The van der Waals surface area contributed by atoms with Crippen LogP contribution in [0, 0.1) is 0 Å². The Labute approximate surface area is 141 Å². The van der Waals surface area contributed by atoms with E-state index in [1.165, 1.54) is 11.8 Å². The van der Waals surface area contributed by atoms with Gasteiger partial charge in [-0.2, -0.15) is 11.8 Å². The van der Waals surface area contributed by atoms with Crippen molar-refractivity contribution in [1.29, 1.82) is 0 Å². The first-order chi connectivity index (χ1) is 9.93. The number of thiophene rings is 1. The highest BCUT2D eigenvalue weighted by Crippen LogP contribution is 2.23. The van der Waals surface area contributed by atoms with Crippen LogP contribution in [0.25, 0.3) is 0 Å². The lowest BCUT2D eigenvalue weighted by atomic mass is 10.2. The smallest absolute Gasteiger partial charge is 0.320 e. The Hall–Kier alpha value is -0.570. The monoisotopic (exact) mass is 394 g/mol. The predicted octanol–water partition coefficient (Wildman–Crippen LogP) is 2.39. The summed E-state index contributed by atoms with van der Waals surface area (Å²) in [6, 6.07) is 3.13. The molecule has 1 amide bonds. The van der Waals surface area contributed by atoms with Gasteiger partial charge in [0.05, 0.1) is 16.1 Å². The standard InChI is InChI=1S/C13H19BrN2O3S2/c1-2-16(7-9-3-4-11(14)21-9)12(17)8-20-6-5-10(15)13(18)19/h3-4,10H,2,5-8,15H2,1H3,(H,18,19). The van der Waals surface area contributed by atoms with Gasteiger partial charge in [0.2, 0.25) is 5.91 Å². The van der Waals surface area contributed by atoms with Gasteiger partial charge >= 0.3 is 5.97 Å². The van der Waals surface area contributed by atoms with Crippen molar-refractivity contribution in [2.24, 2.45) is 5.73 Å². The van der Waals surface area contributed by atoms with E-state index in [4.69, 9.17) is 10.8 Å². The Morgan fingerprint density at radius 2 is 2.24 bits per heavy atom. The van der Waals surface area contributed by atoms with Crippen LogP contribution >= 0.6 is 39.0 Å². The number of amides is 1. The number of carbonyl (C=O) groups is 2. The van der Waals surface area contributed by atoms with Gasteiger partial charge in [0, 0.05) is 11.4 Å². The van der Waals surface area contributed by atoms with E-state index in [0.29, 0.717) is 31.0 Å². The fourth-order valence-corrected chi connectivity index (χ4v) is 4.01. The molecular weight excluding hydrogens is 376 g/mol. The van der Waals surface area contributed by atoms with Gasteiger partial charge in [-0.25, -0.2) is 0 Å². The Bertz CT molecular complexity index is 482. The molecule has 0 aliphatic heterocycles. The summed E-state index contributed by atoms with van der Waals surface area (Å²) in [4.78, 5) is 25.6. The highest BCUT2D eigenvalue weighted by Gasteiger charge is 2.15. The van der Waals surface area contributed by atoms with Crippen LogP contribution in [0.4, 0.5) is 0 Å². The van der Waals surface area contributed by atoms with E-state index in [9.17, 15) is 9.59 Å². The van der Waals surface area contributed by atoms with Gasteiger partial charge in [-0.1, -0.05) is 0 Å². The van der Waals surface area contributed by atoms with Crippen LogP contribution in [0.3, 0.4) is 0 Å². The molecule has 118 valence electrons. The van der Waals surface area contributed by atoms with Gasteiger partial charge in [0.25, 0.3) is 0 Å². The van der Waals surface area contributed by atoms with Crippen LogP contribution in [-0.2, 0) is 16.1 Å². The summed E-state index contributed by atoms with van der Waals surface area (Å²) in [5.41, 5.74) is 5.41. The number of hydrogen-bond donors (Lipinski definition) is 2. The molecule has 5 nitrogen and oxygen atoms in total. The summed E-state index contributed by atoms with van der Waals surface area (Å²) in [6.07, 6.45) is 0.372. The maximum absolute atomic E-state index is 12.1. The molecule has 0 bridgehead atoms. The molecular formula is C13H19BrN2O3S2. The minimum absolute atomic E-state index is 0.0657. The average molecular weight is 395 g/mol. The molecule has 8 heteroatoms. The maximum atomic E-state index is 12.1. The molecule has 1 aromatic heterocycles. The summed E-state index contributed by atoms with van der Waals surface area (Å²) < 4.78 is 1.05. The number of carboxylic acid groups (broad SMARTS) is 1. The average Bonchev–Trinajstić information content (AvgIpc) is 2.85. The second-order valence-corrected chi connectivity index (χ2v) is 8.05. The fraction of sp³-hybridized carbons (Fsp3) is 0.538. The number of aliphatic carboxylic acids is 1. The highest BCUT2D eigenvalue weighted by atomic mass is 79.9. The number of thioether (sulfide) groups is 1. The lowest BCUT2D eigenvalue weighted by Gasteiger charge is -2.20. The highest BCUT2D eigenvalue weighted by molar-refractivity contribution is 9.11. The zero-order valence-electron chi connectivity index (χ0n) is 11.8. The van der Waals surface area contributed by atoms with E-state index < -0.39 is 12.0 Å². The molecule has 1 aromatic rings. The van der Waals surface area contributed by atoms with E-state index in [2.05, 4.69) is 15.9 Å². The quantitative estimate of drug-likeness (QED) is 0.628. The van der Waals surface area contributed by atoms with Crippen molar-refractivity contribution >= 4 is 50.9 Å². The molecule has 1 heterocycles. The summed E-state index contributed by atoms with van der Waals surface area (Å²) in [5.74, 6) is -0.00934. The fourth-order valence-electron chi connectivity index (χ4n) is 1.59. The molecule has 1 atom stereocenters. The molecule has 0 aromatic carbocycles. The van der Waals surface area contributed by atoms with Crippen LogP contribution in [0.1, 0.15) is 18.2 Å². The third kappa shape index (κ3) is 6.82. The van der Waals surface area contributed by atoms with Crippen molar-refractivity contribution in [1.82, 2.24) is 4.90 Å². The summed E-state index contributed by atoms with van der Waals surface area (Å²) >= 11 is 6.45. The van der Waals surface area contributed by atoms with Crippen molar-refractivity contribution in [2.45, 2.75) is 25.9 Å². The molecule has 1 unspecified atom stereocenters. The number of halogens is 1. The number of rotatable bonds is 9. The molecule has 0 saturated heterocycles. The zero-order chi connectivity index (χ0) is 15.8. The molecule has 1 rings (SSSR count). The predicted molar refractivity (Wildman–Crippen MR) is 90.7 cm³/mol. The minimum Gasteiger partial charge on any atom is -0.480 e. The summed E-state index contributed by atoms with van der Waals surface area (Å²) in [5, 5.41) is 8.67. The van der Waals surface area contributed by atoms with Crippen LogP contribution < -0.4 is 5.73 Å². The van der Waals surface area contributed by atoms with Crippen molar-refractivity contribution in [2.75, 3.05) is 18.1 Å². The molecule has 0 aliphatic carbocycles. The first-order valence-corrected chi connectivity index (χ1v) is 9.28. The first-order valence-electron chi connectivity index (χ1n) is 6.52. The second kappa shape index (κ2) is 9.45. The summed E-state index contributed by atoms with van der Waals surface area (Å²) in [6.45, 7) is 3.22. The van der Waals surface area contributed by atoms with Gasteiger partial charge in [-0.3, -0.25) is 9.59 Å². The lowest BCUT2D eigenvalue weighted by Crippen LogP contribution is -2.32. The third-order valence-corrected chi connectivity index (χ3v) is 5.41. The molecule has 0 spiro atoms. The topological polar surface area (TPSA) is 83.6 Å². The van der Waals surface area contributed by atoms with Crippen molar-refractivity contribution in [3.8, 4) is 0 Å². The van der Waals surface area contributed by atoms with Crippen LogP contribution in [-0.4, -0.2) is 46.0 Å². The Morgan fingerprint density at radius 3 is 2.76 bits per heavy atom. The lowest BCUT2D eigenvalue weighted by molar-refractivity contribution is -0.138.